The number of aromatic nitrogens is 2. The second kappa shape index (κ2) is 7.19. The van der Waals surface area contributed by atoms with Crippen molar-refractivity contribution in [2.75, 3.05) is 45.2 Å². The van der Waals surface area contributed by atoms with Crippen LogP contribution in [-0.4, -0.2) is 72.2 Å². The maximum Gasteiger partial charge on any atom is 0.275 e. The first-order chi connectivity index (χ1) is 12.6. The van der Waals surface area contributed by atoms with Crippen LogP contribution in [0.1, 0.15) is 36.2 Å². The van der Waals surface area contributed by atoms with E-state index in [0.29, 0.717) is 5.69 Å². The number of hydrogen-bond acceptors (Lipinski definition) is 5. The third kappa shape index (κ3) is 3.14. The molecule has 2 aliphatic heterocycles. The minimum Gasteiger partial charge on any atom is -0.355 e. The Morgan fingerprint density at radius 1 is 1.04 bits per heavy atom. The monoisotopic (exact) mass is 353 g/mol. The number of benzene rings is 1. The van der Waals surface area contributed by atoms with Gasteiger partial charge in [0.05, 0.1) is 0 Å². The zero-order valence-electron chi connectivity index (χ0n) is 15.7. The molecule has 4 rings (SSSR count). The smallest absolute Gasteiger partial charge is 0.275 e. The molecule has 0 spiro atoms. The Balaban J connectivity index is 1.66. The minimum atomic E-state index is -0.0174. The fourth-order valence-electron chi connectivity index (χ4n) is 4.13. The van der Waals surface area contributed by atoms with Crippen LogP contribution in [0.2, 0.25) is 0 Å². The molecular weight excluding hydrogens is 326 g/mol. The summed E-state index contributed by atoms with van der Waals surface area (Å²) in [5.41, 5.74) is 0.477. The van der Waals surface area contributed by atoms with Crippen LogP contribution in [0.15, 0.2) is 24.3 Å². The number of carbonyl (C=O) groups excluding carboxylic acids is 1. The summed E-state index contributed by atoms with van der Waals surface area (Å²) in [6.07, 6.45) is 4.40. The molecule has 1 aromatic carbocycles. The molecule has 0 aliphatic carbocycles. The molecule has 26 heavy (non-hydrogen) atoms. The molecular formula is C20H27N5O. The number of nitrogens with zero attached hydrogens (tertiary/aromatic N) is 5. The van der Waals surface area contributed by atoms with Gasteiger partial charge in [0.15, 0.2) is 11.5 Å². The molecule has 6 nitrogen and oxygen atoms in total. The molecule has 3 heterocycles. The number of piperidine rings is 1. The molecule has 1 aromatic heterocycles. The van der Waals surface area contributed by atoms with Crippen molar-refractivity contribution < 1.29 is 4.79 Å². The summed E-state index contributed by atoms with van der Waals surface area (Å²) in [4.78, 5) is 19.6. The first kappa shape index (κ1) is 17.2. The van der Waals surface area contributed by atoms with Crippen LogP contribution in [0.25, 0.3) is 10.8 Å². The van der Waals surface area contributed by atoms with Crippen molar-refractivity contribution in [2.45, 2.75) is 31.7 Å². The average Bonchev–Trinajstić information content (AvgIpc) is 3.21. The van der Waals surface area contributed by atoms with Crippen LogP contribution in [0.3, 0.4) is 0 Å². The van der Waals surface area contributed by atoms with Gasteiger partial charge in [-0.3, -0.25) is 4.79 Å². The highest BCUT2D eigenvalue weighted by molar-refractivity contribution is 6.07. The van der Waals surface area contributed by atoms with E-state index in [-0.39, 0.29) is 11.9 Å². The molecule has 2 aromatic rings. The van der Waals surface area contributed by atoms with E-state index in [4.69, 9.17) is 0 Å². The highest BCUT2D eigenvalue weighted by atomic mass is 16.2. The lowest BCUT2D eigenvalue weighted by Crippen LogP contribution is -2.44. The van der Waals surface area contributed by atoms with Gasteiger partial charge < -0.3 is 14.7 Å². The van der Waals surface area contributed by atoms with Crippen LogP contribution in [-0.2, 0) is 0 Å². The number of carbonyl (C=O) groups is 1. The Labute approximate surface area is 154 Å². The summed E-state index contributed by atoms with van der Waals surface area (Å²) < 4.78 is 0. The highest BCUT2D eigenvalue weighted by Gasteiger charge is 2.28. The Bertz CT molecular complexity index is 794. The second-order valence-corrected chi connectivity index (χ2v) is 7.56. The third-order valence-corrected chi connectivity index (χ3v) is 5.83. The molecule has 0 unspecified atom stereocenters. The number of amides is 1. The summed E-state index contributed by atoms with van der Waals surface area (Å²) in [5, 5.41) is 10.8. The van der Waals surface area contributed by atoms with Crippen molar-refractivity contribution in [3.05, 3.63) is 30.0 Å². The van der Waals surface area contributed by atoms with Crippen molar-refractivity contribution in [3.63, 3.8) is 0 Å². The lowest BCUT2D eigenvalue weighted by Gasteiger charge is -2.35. The summed E-state index contributed by atoms with van der Waals surface area (Å²) in [7, 11) is 4.04. The molecule has 2 aliphatic rings. The Morgan fingerprint density at radius 2 is 1.69 bits per heavy atom. The number of rotatable bonds is 3. The average molecular weight is 353 g/mol. The molecule has 2 fully saturated rings. The van der Waals surface area contributed by atoms with Gasteiger partial charge in [0.1, 0.15) is 0 Å². The molecule has 0 bridgehead atoms. The number of fused-ring (bicyclic) bond motifs is 1. The molecule has 0 saturated carbocycles. The van der Waals surface area contributed by atoms with Crippen molar-refractivity contribution in [2.24, 2.45) is 0 Å². The number of anilines is 1. The molecule has 6 heteroatoms. The van der Waals surface area contributed by atoms with Gasteiger partial charge >= 0.3 is 0 Å². The van der Waals surface area contributed by atoms with E-state index in [1.165, 1.54) is 12.8 Å². The molecule has 1 amide bonds. The predicted octanol–water partition coefficient (Wildman–Crippen LogP) is 2.40. The van der Waals surface area contributed by atoms with Crippen LogP contribution >= 0.6 is 0 Å². The van der Waals surface area contributed by atoms with Gasteiger partial charge in [0.2, 0.25) is 0 Å². The second-order valence-electron chi connectivity index (χ2n) is 7.56. The van der Waals surface area contributed by atoms with Crippen LogP contribution in [0.4, 0.5) is 5.82 Å². The SMILES string of the molecule is CN1CCC(N(C)C(=O)c2nnc(N3CCCC3)c3ccccc23)CC1. The Morgan fingerprint density at radius 3 is 2.38 bits per heavy atom. The van der Waals surface area contributed by atoms with Crippen molar-refractivity contribution in [1.29, 1.82) is 0 Å². The van der Waals surface area contributed by atoms with Gasteiger partial charge in [0.25, 0.3) is 5.91 Å². The van der Waals surface area contributed by atoms with Gasteiger partial charge in [-0.25, -0.2) is 0 Å². The van der Waals surface area contributed by atoms with Gasteiger partial charge in [-0.1, -0.05) is 24.3 Å². The summed E-state index contributed by atoms with van der Waals surface area (Å²) in [6.45, 7) is 4.09. The van der Waals surface area contributed by atoms with E-state index in [2.05, 4.69) is 33.1 Å². The summed E-state index contributed by atoms with van der Waals surface area (Å²) in [5.74, 6) is 0.896. The molecule has 0 atom stereocenters. The fourth-order valence-corrected chi connectivity index (χ4v) is 4.13. The maximum atomic E-state index is 13.2. The lowest BCUT2D eigenvalue weighted by molar-refractivity contribution is 0.0655. The van der Waals surface area contributed by atoms with Crippen molar-refractivity contribution >= 4 is 22.5 Å². The predicted molar refractivity (Wildman–Crippen MR) is 104 cm³/mol. The summed E-state index contributed by atoms with van der Waals surface area (Å²) in [6, 6.07) is 8.32. The quantitative estimate of drug-likeness (QED) is 0.848. The molecule has 138 valence electrons. The Kier molecular flexibility index (Phi) is 4.76. The van der Waals surface area contributed by atoms with Crippen LogP contribution < -0.4 is 4.90 Å². The number of hydrogen-bond donors (Lipinski definition) is 0. The lowest BCUT2D eigenvalue weighted by atomic mass is 10.0. The van der Waals surface area contributed by atoms with Crippen molar-refractivity contribution in [1.82, 2.24) is 20.0 Å². The minimum absolute atomic E-state index is 0.0174. The Hall–Kier alpha value is -2.21. The standard InChI is InChI=1S/C20H27N5O/c1-23-13-9-15(10-14-23)24(2)20(26)18-16-7-3-4-8-17(16)19(22-21-18)25-11-5-6-12-25/h3-4,7-8,15H,5-6,9-14H2,1-2H3. The van der Waals surface area contributed by atoms with Crippen molar-refractivity contribution in [3.8, 4) is 0 Å². The zero-order chi connectivity index (χ0) is 18.1. The summed E-state index contributed by atoms with van der Waals surface area (Å²) >= 11 is 0. The van der Waals surface area contributed by atoms with E-state index >= 15 is 0 Å². The van der Waals surface area contributed by atoms with Gasteiger partial charge in [-0.15, -0.1) is 10.2 Å². The van der Waals surface area contributed by atoms with Gasteiger partial charge in [0, 0.05) is 37.0 Å². The third-order valence-electron chi connectivity index (χ3n) is 5.83. The normalized spacial score (nSPS) is 19.2. The molecule has 2 saturated heterocycles. The zero-order valence-corrected chi connectivity index (χ0v) is 15.7. The largest absolute Gasteiger partial charge is 0.355 e. The van der Waals surface area contributed by atoms with E-state index in [1.54, 1.807) is 0 Å². The molecule has 0 N–H and O–H groups in total. The first-order valence-electron chi connectivity index (χ1n) is 9.61. The van der Waals surface area contributed by atoms with Crippen LogP contribution in [0, 0.1) is 0 Å². The topological polar surface area (TPSA) is 52.6 Å². The van der Waals surface area contributed by atoms with Crippen LogP contribution in [0.5, 0.6) is 0 Å². The molecule has 0 radical (unpaired) electrons. The van der Waals surface area contributed by atoms with E-state index in [1.807, 2.05) is 30.1 Å². The van der Waals surface area contributed by atoms with Gasteiger partial charge in [-0.05, 0) is 45.8 Å². The fraction of sp³-hybridized carbons (Fsp3) is 0.550. The maximum absolute atomic E-state index is 13.2. The van der Waals surface area contributed by atoms with E-state index < -0.39 is 0 Å². The highest BCUT2D eigenvalue weighted by Crippen LogP contribution is 2.29. The first-order valence-corrected chi connectivity index (χ1v) is 9.61. The number of likely N-dealkylation sites (tertiary alicyclic amines) is 1. The van der Waals surface area contributed by atoms with E-state index in [0.717, 1.165) is 55.6 Å². The van der Waals surface area contributed by atoms with E-state index in [9.17, 15) is 4.79 Å². The van der Waals surface area contributed by atoms with Gasteiger partial charge in [-0.2, -0.15) is 0 Å².